The number of amides is 1. The number of imidazole rings is 1. The summed E-state index contributed by atoms with van der Waals surface area (Å²) in [6.07, 6.45) is 9.67. The van der Waals surface area contributed by atoms with Crippen LogP contribution >= 0.6 is 0 Å². The van der Waals surface area contributed by atoms with Crippen LogP contribution in [0, 0.1) is 5.92 Å². The number of pyridine rings is 1. The molecule has 2 aliphatic rings. The zero-order valence-corrected chi connectivity index (χ0v) is 17.4. The molecule has 5 rings (SSSR count). The van der Waals surface area contributed by atoms with Crippen molar-refractivity contribution in [2.45, 2.75) is 32.1 Å². The molecule has 0 aliphatic carbocycles. The summed E-state index contributed by atoms with van der Waals surface area (Å²) in [6, 6.07) is 11.9. The lowest BCUT2D eigenvalue weighted by Gasteiger charge is -2.32. The second-order valence-electron chi connectivity index (χ2n) is 8.59. The van der Waals surface area contributed by atoms with Crippen molar-refractivity contribution in [2.24, 2.45) is 5.92 Å². The second-order valence-corrected chi connectivity index (χ2v) is 8.59. The number of benzene rings is 1. The summed E-state index contributed by atoms with van der Waals surface area (Å²) in [5.74, 6) is 0.827. The molecule has 2 saturated heterocycles. The average molecular weight is 404 g/mol. The normalized spacial score (nSPS) is 18.3. The number of hydrogen-bond donors (Lipinski definition) is 0. The Kier molecular flexibility index (Phi) is 5.49. The molecule has 6 nitrogen and oxygen atoms in total. The molecular formula is C24H29N5O. The number of piperidine rings is 1. The summed E-state index contributed by atoms with van der Waals surface area (Å²) in [4.78, 5) is 26.7. The van der Waals surface area contributed by atoms with E-state index in [-0.39, 0.29) is 5.91 Å². The monoisotopic (exact) mass is 403 g/mol. The zero-order chi connectivity index (χ0) is 20.3. The highest BCUT2D eigenvalue weighted by Gasteiger charge is 2.25. The van der Waals surface area contributed by atoms with Crippen LogP contribution in [0.4, 0.5) is 0 Å². The summed E-state index contributed by atoms with van der Waals surface area (Å²) in [5.41, 5.74) is 3.18. The molecule has 0 N–H and O–H groups in total. The van der Waals surface area contributed by atoms with Crippen LogP contribution in [-0.2, 0) is 0 Å². The van der Waals surface area contributed by atoms with Gasteiger partial charge in [0, 0.05) is 25.0 Å². The second kappa shape index (κ2) is 8.56. The van der Waals surface area contributed by atoms with E-state index in [4.69, 9.17) is 0 Å². The number of nitrogens with zero attached hydrogens (tertiary/aromatic N) is 5. The smallest absolute Gasteiger partial charge is 0.255 e. The SMILES string of the molecule is O=C(c1cnc2c(c1)ncn2-c1ccccc1)N1CCC(CCN2CCCC2)CC1. The molecule has 0 atom stereocenters. The average Bonchev–Trinajstić information content (AvgIpc) is 3.47. The lowest BCUT2D eigenvalue weighted by Crippen LogP contribution is -2.39. The molecule has 156 valence electrons. The fourth-order valence-electron chi connectivity index (χ4n) is 4.77. The van der Waals surface area contributed by atoms with Gasteiger partial charge in [0.2, 0.25) is 0 Å². The fourth-order valence-corrected chi connectivity index (χ4v) is 4.77. The van der Waals surface area contributed by atoms with Crippen molar-refractivity contribution in [3.63, 3.8) is 0 Å². The van der Waals surface area contributed by atoms with E-state index in [1.54, 1.807) is 12.5 Å². The molecule has 0 radical (unpaired) electrons. The minimum atomic E-state index is 0.0802. The van der Waals surface area contributed by atoms with E-state index in [9.17, 15) is 4.79 Å². The quantitative estimate of drug-likeness (QED) is 0.651. The Hall–Kier alpha value is -2.73. The van der Waals surface area contributed by atoms with Crippen molar-refractivity contribution in [1.82, 2.24) is 24.3 Å². The number of fused-ring (bicyclic) bond motifs is 1. The van der Waals surface area contributed by atoms with Gasteiger partial charge in [-0.05, 0) is 75.9 Å². The van der Waals surface area contributed by atoms with Crippen LogP contribution in [0.25, 0.3) is 16.9 Å². The van der Waals surface area contributed by atoms with Gasteiger partial charge in [0.1, 0.15) is 11.8 Å². The Morgan fingerprint density at radius 1 is 1.00 bits per heavy atom. The Labute approximate surface area is 177 Å². The van der Waals surface area contributed by atoms with Crippen molar-refractivity contribution in [3.8, 4) is 5.69 Å². The van der Waals surface area contributed by atoms with Gasteiger partial charge in [-0.3, -0.25) is 9.36 Å². The summed E-state index contributed by atoms with van der Waals surface area (Å²) >= 11 is 0. The van der Waals surface area contributed by atoms with E-state index in [2.05, 4.69) is 14.9 Å². The Morgan fingerprint density at radius 2 is 1.77 bits per heavy atom. The van der Waals surface area contributed by atoms with Crippen molar-refractivity contribution >= 4 is 17.1 Å². The predicted octanol–water partition coefficient (Wildman–Crippen LogP) is 3.76. The molecule has 6 heteroatoms. The van der Waals surface area contributed by atoms with Gasteiger partial charge in [-0.25, -0.2) is 9.97 Å². The van der Waals surface area contributed by atoms with Crippen molar-refractivity contribution in [2.75, 3.05) is 32.7 Å². The molecule has 2 fully saturated rings. The molecule has 4 heterocycles. The van der Waals surface area contributed by atoms with Crippen LogP contribution in [0.5, 0.6) is 0 Å². The number of aromatic nitrogens is 3. The lowest BCUT2D eigenvalue weighted by molar-refractivity contribution is 0.0682. The third kappa shape index (κ3) is 3.97. The third-order valence-electron chi connectivity index (χ3n) is 6.62. The first-order valence-electron chi connectivity index (χ1n) is 11.2. The molecule has 0 unspecified atom stereocenters. The molecule has 30 heavy (non-hydrogen) atoms. The molecule has 2 aliphatic heterocycles. The summed E-state index contributed by atoms with van der Waals surface area (Å²) in [5, 5.41) is 0. The van der Waals surface area contributed by atoms with Gasteiger partial charge in [0.25, 0.3) is 5.91 Å². The number of para-hydroxylation sites is 1. The number of hydrogen-bond acceptors (Lipinski definition) is 4. The van der Waals surface area contributed by atoms with Gasteiger partial charge in [-0.15, -0.1) is 0 Å². The molecule has 0 saturated carbocycles. The highest BCUT2D eigenvalue weighted by molar-refractivity contribution is 5.96. The molecule has 2 aromatic heterocycles. The van der Waals surface area contributed by atoms with Crippen molar-refractivity contribution in [1.29, 1.82) is 0 Å². The van der Waals surface area contributed by atoms with Crippen LogP contribution in [0.3, 0.4) is 0 Å². The maximum Gasteiger partial charge on any atom is 0.255 e. The van der Waals surface area contributed by atoms with Gasteiger partial charge >= 0.3 is 0 Å². The molecule has 0 spiro atoms. The van der Waals surface area contributed by atoms with Gasteiger partial charge in [0.15, 0.2) is 5.65 Å². The highest BCUT2D eigenvalue weighted by atomic mass is 16.2. The molecule has 1 amide bonds. The van der Waals surface area contributed by atoms with Crippen molar-refractivity contribution in [3.05, 3.63) is 54.5 Å². The first-order valence-corrected chi connectivity index (χ1v) is 11.2. The highest BCUT2D eigenvalue weighted by Crippen LogP contribution is 2.24. The van der Waals surface area contributed by atoms with Crippen LogP contribution < -0.4 is 0 Å². The van der Waals surface area contributed by atoms with Gasteiger partial charge < -0.3 is 9.80 Å². The van der Waals surface area contributed by atoms with Gasteiger partial charge in [-0.2, -0.15) is 0 Å². The van der Waals surface area contributed by atoms with Crippen molar-refractivity contribution < 1.29 is 4.79 Å². The van der Waals surface area contributed by atoms with E-state index in [0.717, 1.165) is 48.7 Å². The van der Waals surface area contributed by atoms with E-state index in [1.807, 2.05) is 45.9 Å². The number of carbonyl (C=O) groups is 1. The first-order chi connectivity index (χ1) is 14.8. The van der Waals surface area contributed by atoms with Gasteiger partial charge in [0.05, 0.1) is 5.56 Å². The topological polar surface area (TPSA) is 54.3 Å². The standard InChI is InChI=1S/C24H29N5O/c30-24(28-14-9-19(10-15-28)8-13-27-11-4-5-12-27)20-16-22-23(25-17-20)29(18-26-22)21-6-2-1-3-7-21/h1-3,6-7,16-19H,4-5,8-15H2. The minimum Gasteiger partial charge on any atom is -0.339 e. The number of carbonyl (C=O) groups excluding carboxylic acids is 1. The minimum absolute atomic E-state index is 0.0802. The van der Waals surface area contributed by atoms with E-state index < -0.39 is 0 Å². The largest absolute Gasteiger partial charge is 0.339 e. The van der Waals surface area contributed by atoms with E-state index in [0.29, 0.717) is 5.56 Å². The van der Waals surface area contributed by atoms with Gasteiger partial charge in [-0.1, -0.05) is 18.2 Å². The maximum absolute atomic E-state index is 13.0. The molecule has 1 aromatic carbocycles. The van der Waals surface area contributed by atoms with Crippen LogP contribution in [0.15, 0.2) is 48.9 Å². The summed E-state index contributed by atoms with van der Waals surface area (Å²) in [7, 11) is 0. The molecular weight excluding hydrogens is 374 g/mol. The Bertz CT molecular complexity index is 1000. The summed E-state index contributed by atoms with van der Waals surface area (Å²) in [6.45, 7) is 5.46. The van der Waals surface area contributed by atoms with Crippen LogP contribution in [0.2, 0.25) is 0 Å². The lowest BCUT2D eigenvalue weighted by atomic mass is 9.93. The van der Waals surface area contributed by atoms with Crippen LogP contribution in [0.1, 0.15) is 42.5 Å². The molecule has 0 bridgehead atoms. The Balaban J connectivity index is 1.22. The fraction of sp³-hybridized carbons (Fsp3) is 0.458. The number of rotatable bonds is 5. The van der Waals surface area contributed by atoms with Crippen LogP contribution in [-0.4, -0.2) is 63.0 Å². The van der Waals surface area contributed by atoms with E-state index in [1.165, 1.54) is 38.9 Å². The summed E-state index contributed by atoms with van der Waals surface area (Å²) < 4.78 is 1.95. The third-order valence-corrected chi connectivity index (χ3v) is 6.62. The molecule has 3 aromatic rings. The Morgan fingerprint density at radius 3 is 2.53 bits per heavy atom. The zero-order valence-electron chi connectivity index (χ0n) is 17.4. The maximum atomic E-state index is 13.0. The predicted molar refractivity (Wildman–Crippen MR) is 118 cm³/mol. The van der Waals surface area contributed by atoms with E-state index >= 15 is 0 Å². The first kappa shape index (κ1) is 19.2. The number of likely N-dealkylation sites (tertiary alicyclic amines) is 2.